The maximum atomic E-state index is 13.8. The molecule has 0 unspecified atom stereocenters. The quantitative estimate of drug-likeness (QED) is 0.819. The second kappa shape index (κ2) is 7.27. The molecule has 2 aliphatic heterocycles. The number of fused-ring (bicyclic) bond motifs is 2. The number of rotatable bonds is 2. The van der Waals surface area contributed by atoms with Crippen molar-refractivity contribution in [1.82, 2.24) is 10.2 Å². The minimum atomic E-state index is -0.305. The molecule has 2 aliphatic rings. The highest BCUT2D eigenvalue weighted by molar-refractivity contribution is 7.10. The van der Waals surface area contributed by atoms with E-state index < -0.39 is 0 Å². The molecule has 1 N–H and O–H groups in total. The van der Waals surface area contributed by atoms with Crippen LogP contribution in [0.4, 0.5) is 9.18 Å². The molecule has 138 valence electrons. The zero-order valence-electron chi connectivity index (χ0n) is 14.8. The van der Waals surface area contributed by atoms with Crippen LogP contribution in [0.3, 0.4) is 0 Å². The molecule has 6 heteroatoms. The molecule has 0 spiro atoms. The number of carbonyl (C=O) groups excluding carboxylic acids is 1. The van der Waals surface area contributed by atoms with E-state index in [-0.39, 0.29) is 23.9 Å². The van der Waals surface area contributed by atoms with Crippen molar-refractivity contribution >= 4 is 17.4 Å². The highest BCUT2D eigenvalue weighted by Gasteiger charge is 2.32. The number of halogens is 1. The molecule has 26 heavy (non-hydrogen) atoms. The number of nitrogens with zero attached hydrogens (tertiary/aromatic N) is 1. The van der Waals surface area contributed by atoms with Gasteiger partial charge < -0.3 is 15.0 Å². The first kappa shape index (κ1) is 17.3. The Morgan fingerprint density at radius 1 is 1.38 bits per heavy atom. The van der Waals surface area contributed by atoms with Gasteiger partial charge in [-0.25, -0.2) is 9.18 Å². The van der Waals surface area contributed by atoms with E-state index >= 15 is 0 Å². The number of thiophene rings is 1. The Morgan fingerprint density at radius 2 is 2.27 bits per heavy atom. The van der Waals surface area contributed by atoms with Gasteiger partial charge in [0.1, 0.15) is 11.6 Å². The van der Waals surface area contributed by atoms with E-state index in [9.17, 15) is 9.18 Å². The van der Waals surface area contributed by atoms with E-state index in [1.807, 2.05) is 4.90 Å². The zero-order valence-corrected chi connectivity index (χ0v) is 15.7. The summed E-state index contributed by atoms with van der Waals surface area (Å²) in [5.74, 6) is 0.362. The summed E-state index contributed by atoms with van der Waals surface area (Å²) >= 11 is 1.77. The van der Waals surface area contributed by atoms with Gasteiger partial charge in [-0.1, -0.05) is 6.92 Å². The maximum absolute atomic E-state index is 13.8. The Hall–Kier alpha value is -2.08. The Morgan fingerprint density at radius 3 is 3.12 bits per heavy atom. The lowest BCUT2D eigenvalue weighted by Crippen LogP contribution is -2.46. The number of carbonyl (C=O) groups is 1. The van der Waals surface area contributed by atoms with Crippen LogP contribution in [-0.2, 0) is 6.42 Å². The van der Waals surface area contributed by atoms with Gasteiger partial charge in [-0.05, 0) is 60.9 Å². The van der Waals surface area contributed by atoms with Crippen molar-refractivity contribution in [2.75, 3.05) is 13.2 Å². The first-order valence-corrected chi connectivity index (χ1v) is 10.1. The van der Waals surface area contributed by atoms with Gasteiger partial charge in [-0.3, -0.25) is 0 Å². The van der Waals surface area contributed by atoms with Gasteiger partial charge in [0.25, 0.3) is 0 Å². The van der Waals surface area contributed by atoms with Crippen LogP contribution in [0.5, 0.6) is 5.75 Å². The summed E-state index contributed by atoms with van der Waals surface area (Å²) in [5, 5.41) is 5.25. The third-order valence-electron chi connectivity index (χ3n) is 5.28. The predicted octanol–water partition coefficient (Wildman–Crippen LogP) is 4.82. The summed E-state index contributed by atoms with van der Waals surface area (Å²) in [6, 6.07) is 6.49. The number of urea groups is 1. The van der Waals surface area contributed by atoms with Crippen molar-refractivity contribution in [3.63, 3.8) is 0 Å². The third kappa shape index (κ3) is 3.18. The minimum Gasteiger partial charge on any atom is -0.493 e. The van der Waals surface area contributed by atoms with E-state index in [0.29, 0.717) is 12.4 Å². The standard InChI is InChI=1S/C20H23FN2O2S/c1-2-17-14-8-11-26-19(14)7-9-23(17)20(24)22-16-4-3-10-25-18-6-5-13(21)12-15(16)18/h5-6,8,11-12,16-17H,2-4,7,9-10H2,1H3,(H,22,24)/t16-,17-/m0/s1. The second-order valence-corrected chi connectivity index (χ2v) is 7.84. The van der Waals surface area contributed by atoms with Crippen LogP contribution in [0.25, 0.3) is 0 Å². The highest BCUT2D eigenvalue weighted by Crippen LogP contribution is 2.36. The fourth-order valence-electron chi connectivity index (χ4n) is 4.01. The van der Waals surface area contributed by atoms with Gasteiger partial charge in [0, 0.05) is 17.0 Å². The van der Waals surface area contributed by atoms with Crippen molar-refractivity contribution in [3.8, 4) is 5.75 Å². The Kier molecular flexibility index (Phi) is 4.85. The molecule has 4 nitrogen and oxygen atoms in total. The Balaban J connectivity index is 1.56. The predicted molar refractivity (Wildman–Crippen MR) is 100 cm³/mol. The molecule has 2 amide bonds. The first-order valence-electron chi connectivity index (χ1n) is 9.23. The van der Waals surface area contributed by atoms with Crippen LogP contribution in [-0.4, -0.2) is 24.1 Å². The molecule has 0 saturated heterocycles. The molecule has 3 heterocycles. The maximum Gasteiger partial charge on any atom is 0.318 e. The second-order valence-electron chi connectivity index (χ2n) is 6.84. The van der Waals surface area contributed by atoms with Gasteiger partial charge in [0.05, 0.1) is 18.7 Å². The lowest BCUT2D eigenvalue weighted by molar-refractivity contribution is 0.163. The highest BCUT2D eigenvalue weighted by atomic mass is 32.1. The zero-order chi connectivity index (χ0) is 18.1. The van der Waals surface area contributed by atoms with Crippen LogP contribution >= 0.6 is 11.3 Å². The van der Waals surface area contributed by atoms with Crippen LogP contribution in [0.1, 0.15) is 54.3 Å². The molecule has 0 fully saturated rings. The van der Waals surface area contributed by atoms with Crippen LogP contribution in [0.15, 0.2) is 29.6 Å². The fraction of sp³-hybridized carbons (Fsp3) is 0.450. The van der Waals surface area contributed by atoms with Gasteiger partial charge >= 0.3 is 6.03 Å². The molecular formula is C20H23FN2O2S. The number of benzene rings is 1. The number of amides is 2. The number of hydrogen-bond donors (Lipinski definition) is 1. The number of nitrogens with one attached hydrogen (secondary N) is 1. The topological polar surface area (TPSA) is 41.6 Å². The van der Waals surface area contributed by atoms with Crippen molar-refractivity contribution in [2.24, 2.45) is 0 Å². The summed E-state index contributed by atoms with van der Waals surface area (Å²) in [7, 11) is 0. The molecule has 4 rings (SSSR count). The first-order chi connectivity index (χ1) is 12.7. The van der Waals surface area contributed by atoms with Crippen LogP contribution in [0, 0.1) is 5.82 Å². The lowest BCUT2D eigenvalue weighted by atomic mass is 9.98. The molecule has 0 aliphatic carbocycles. The van der Waals surface area contributed by atoms with E-state index in [2.05, 4.69) is 23.7 Å². The number of hydrogen-bond acceptors (Lipinski definition) is 3. The van der Waals surface area contributed by atoms with Crippen LogP contribution in [0.2, 0.25) is 0 Å². The molecule has 2 atom stereocenters. The van der Waals surface area contributed by atoms with Gasteiger partial charge in [0.2, 0.25) is 0 Å². The van der Waals surface area contributed by atoms with Gasteiger partial charge in [-0.15, -0.1) is 11.3 Å². The average molecular weight is 374 g/mol. The molecule has 0 saturated carbocycles. The smallest absolute Gasteiger partial charge is 0.318 e. The molecule has 0 bridgehead atoms. The van der Waals surface area contributed by atoms with E-state index in [4.69, 9.17) is 4.74 Å². The fourth-order valence-corrected chi connectivity index (χ4v) is 4.94. The molecular weight excluding hydrogens is 351 g/mol. The molecule has 1 aromatic carbocycles. The number of ether oxygens (including phenoxy) is 1. The van der Waals surface area contributed by atoms with Crippen molar-refractivity contribution < 1.29 is 13.9 Å². The molecule has 1 aromatic heterocycles. The summed E-state index contributed by atoms with van der Waals surface area (Å²) in [4.78, 5) is 16.4. The van der Waals surface area contributed by atoms with Crippen molar-refractivity contribution in [1.29, 1.82) is 0 Å². The SMILES string of the molecule is CC[C@H]1c2ccsc2CCN1C(=O)N[C@H]1CCCOc2ccc(F)cc21. The summed E-state index contributed by atoms with van der Waals surface area (Å²) in [5.41, 5.74) is 2.01. The van der Waals surface area contributed by atoms with Crippen LogP contribution < -0.4 is 10.1 Å². The third-order valence-corrected chi connectivity index (χ3v) is 6.28. The Bertz CT molecular complexity index is 807. The summed E-state index contributed by atoms with van der Waals surface area (Å²) in [6.07, 6.45) is 3.36. The van der Waals surface area contributed by atoms with Gasteiger partial charge in [0.15, 0.2) is 0 Å². The van der Waals surface area contributed by atoms with E-state index in [1.54, 1.807) is 17.4 Å². The van der Waals surface area contributed by atoms with Gasteiger partial charge in [-0.2, -0.15) is 0 Å². The summed E-state index contributed by atoms with van der Waals surface area (Å²) in [6.45, 7) is 3.42. The minimum absolute atomic E-state index is 0.0733. The Labute approximate surface area is 157 Å². The largest absolute Gasteiger partial charge is 0.493 e. The summed E-state index contributed by atoms with van der Waals surface area (Å²) < 4.78 is 19.5. The van der Waals surface area contributed by atoms with Crippen molar-refractivity contribution in [2.45, 2.75) is 44.7 Å². The molecule has 2 aromatic rings. The van der Waals surface area contributed by atoms with E-state index in [1.165, 1.54) is 22.6 Å². The lowest BCUT2D eigenvalue weighted by Gasteiger charge is -2.36. The average Bonchev–Trinajstić information content (AvgIpc) is 3.04. The normalized spacial score (nSPS) is 22.0. The monoisotopic (exact) mass is 374 g/mol. The van der Waals surface area contributed by atoms with E-state index in [0.717, 1.165) is 37.8 Å². The van der Waals surface area contributed by atoms with Crippen molar-refractivity contribution in [3.05, 3.63) is 51.5 Å². The molecule has 0 radical (unpaired) electrons.